The van der Waals surface area contributed by atoms with Crippen LogP contribution in [0.5, 0.6) is 0 Å². The monoisotopic (exact) mass is 491 g/mol. The number of morpholine rings is 1. The smallest absolute Gasteiger partial charge is 0.255 e. The van der Waals surface area contributed by atoms with Crippen LogP contribution in [0.25, 0.3) is 0 Å². The lowest BCUT2D eigenvalue weighted by Crippen LogP contribution is -2.36. The quantitative estimate of drug-likeness (QED) is 0.571. The number of carbonyl (C=O) groups excluding carboxylic acids is 1. The summed E-state index contributed by atoms with van der Waals surface area (Å²) in [6, 6.07) is 21.9. The number of sulfonamides is 1. The van der Waals surface area contributed by atoms with Gasteiger partial charge in [0, 0.05) is 44.0 Å². The molecule has 0 spiro atoms. The van der Waals surface area contributed by atoms with Gasteiger partial charge in [0.25, 0.3) is 5.91 Å². The Balaban J connectivity index is 1.29. The van der Waals surface area contributed by atoms with E-state index in [9.17, 15) is 13.2 Å². The van der Waals surface area contributed by atoms with Crippen LogP contribution >= 0.6 is 0 Å². The van der Waals surface area contributed by atoms with Crippen LogP contribution in [0.3, 0.4) is 0 Å². The van der Waals surface area contributed by atoms with E-state index in [2.05, 4.69) is 10.2 Å². The first-order chi connectivity index (χ1) is 17.0. The standard InChI is InChI=1S/C27H29N3O4S/c31-27(28-25-9-3-5-21(17-25)19-29-13-15-34-16-14-29)23-8-4-10-26(18-23)35(32,33)30-12-11-22-6-1-2-7-24(22)20-30/h1-10,17-18H,11-16,19-20H2,(H,28,31). The third kappa shape index (κ3) is 5.46. The zero-order valence-corrected chi connectivity index (χ0v) is 20.3. The molecule has 35 heavy (non-hydrogen) atoms. The molecule has 1 saturated heterocycles. The number of nitrogens with one attached hydrogen (secondary N) is 1. The van der Waals surface area contributed by atoms with Crippen LogP contribution in [-0.4, -0.2) is 56.4 Å². The van der Waals surface area contributed by atoms with Gasteiger partial charge in [-0.05, 0) is 53.4 Å². The van der Waals surface area contributed by atoms with Crippen molar-refractivity contribution >= 4 is 21.6 Å². The average molecular weight is 492 g/mol. The van der Waals surface area contributed by atoms with Crippen LogP contribution in [0.1, 0.15) is 27.0 Å². The predicted octanol–water partition coefficient (Wildman–Crippen LogP) is 3.52. The molecule has 2 aliphatic heterocycles. The molecule has 8 heteroatoms. The van der Waals surface area contributed by atoms with Crippen LogP contribution in [0.4, 0.5) is 5.69 Å². The molecule has 1 fully saturated rings. The molecule has 7 nitrogen and oxygen atoms in total. The summed E-state index contributed by atoms with van der Waals surface area (Å²) in [5.41, 5.74) is 4.30. The maximum Gasteiger partial charge on any atom is 0.255 e. The van der Waals surface area contributed by atoms with Gasteiger partial charge in [0.15, 0.2) is 0 Å². The van der Waals surface area contributed by atoms with Gasteiger partial charge in [-0.2, -0.15) is 4.31 Å². The fourth-order valence-corrected chi connectivity index (χ4v) is 6.06. The minimum absolute atomic E-state index is 0.130. The number of anilines is 1. The van der Waals surface area contributed by atoms with Crippen molar-refractivity contribution in [3.8, 4) is 0 Å². The van der Waals surface area contributed by atoms with E-state index >= 15 is 0 Å². The van der Waals surface area contributed by atoms with Crippen molar-refractivity contribution in [2.45, 2.75) is 24.4 Å². The Hall–Kier alpha value is -3.04. The van der Waals surface area contributed by atoms with Crippen LogP contribution in [0, 0.1) is 0 Å². The van der Waals surface area contributed by atoms with Gasteiger partial charge in [0.05, 0.1) is 18.1 Å². The van der Waals surface area contributed by atoms with Gasteiger partial charge >= 0.3 is 0 Å². The molecule has 0 unspecified atom stereocenters. The third-order valence-electron chi connectivity index (χ3n) is 6.52. The van der Waals surface area contributed by atoms with Crippen molar-refractivity contribution in [3.63, 3.8) is 0 Å². The minimum Gasteiger partial charge on any atom is -0.379 e. The Morgan fingerprint density at radius 3 is 2.49 bits per heavy atom. The van der Waals surface area contributed by atoms with Gasteiger partial charge in [-0.3, -0.25) is 9.69 Å². The largest absolute Gasteiger partial charge is 0.379 e. The molecule has 0 bridgehead atoms. The first-order valence-electron chi connectivity index (χ1n) is 11.9. The number of benzene rings is 3. The zero-order valence-electron chi connectivity index (χ0n) is 19.5. The van der Waals surface area contributed by atoms with Gasteiger partial charge in [0.2, 0.25) is 10.0 Å². The van der Waals surface area contributed by atoms with Crippen molar-refractivity contribution in [2.24, 2.45) is 0 Å². The number of nitrogens with zero attached hydrogens (tertiary/aromatic N) is 2. The zero-order chi connectivity index (χ0) is 24.3. The van der Waals surface area contributed by atoms with E-state index in [0.717, 1.165) is 44.0 Å². The summed E-state index contributed by atoms with van der Waals surface area (Å²) in [7, 11) is -3.72. The third-order valence-corrected chi connectivity index (χ3v) is 8.37. The molecular weight excluding hydrogens is 462 g/mol. The second-order valence-corrected chi connectivity index (χ2v) is 10.9. The highest BCUT2D eigenvalue weighted by molar-refractivity contribution is 7.89. The van der Waals surface area contributed by atoms with E-state index in [4.69, 9.17) is 4.74 Å². The molecule has 3 aromatic carbocycles. The van der Waals surface area contributed by atoms with E-state index in [0.29, 0.717) is 30.8 Å². The van der Waals surface area contributed by atoms with E-state index in [1.165, 1.54) is 15.9 Å². The van der Waals surface area contributed by atoms with Crippen LogP contribution in [0.15, 0.2) is 77.7 Å². The van der Waals surface area contributed by atoms with E-state index in [-0.39, 0.29) is 10.8 Å². The summed E-state index contributed by atoms with van der Waals surface area (Å²) in [6.07, 6.45) is 0.677. The molecule has 2 heterocycles. The van der Waals surface area contributed by atoms with Crippen molar-refractivity contribution in [3.05, 3.63) is 95.1 Å². The molecule has 1 N–H and O–H groups in total. The molecule has 0 aromatic heterocycles. The number of amides is 1. The Morgan fingerprint density at radius 1 is 0.886 bits per heavy atom. The Labute approximate surface area is 206 Å². The lowest BCUT2D eigenvalue weighted by Gasteiger charge is -2.28. The fraction of sp³-hybridized carbons (Fsp3) is 0.296. The highest BCUT2D eigenvalue weighted by atomic mass is 32.2. The lowest BCUT2D eigenvalue weighted by atomic mass is 10.0. The Morgan fingerprint density at radius 2 is 1.66 bits per heavy atom. The Bertz CT molecular complexity index is 1320. The summed E-state index contributed by atoms with van der Waals surface area (Å²) in [5, 5.41) is 2.92. The van der Waals surface area contributed by atoms with E-state index < -0.39 is 10.0 Å². The number of fused-ring (bicyclic) bond motifs is 1. The molecule has 3 aromatic rings. The van der Waals surface area contributed by atoms with E-state index in [1.54, 1.807) is 18.2 Å². The number of hydrogen-bond acceptors (Lipinski definition) is 5. The molecular formula is C27H29N3O4S. The van der Waals surface area contributed by atoms with Gasteiger partial charge in [-0.1, -0.05) is 42.5 Å². The molecule has 0 aliphatic carbocycles. The summed E-state index contributed by atoms with van der Waals surface area (Å²) in [4.78, 5) is 15.4. The number of rotatable bonds is 6. The topological polar surface area (TPSA) is 79.0 Å². The molecule has 0 atom stereocenters. The van der Waals surface area contributed by atoms with Crippen LogP contribution in [0.2, 0.25) is 0 Å². The maximum absolute atomic E-state index is 13.3. The summed E-state index contributed by atoms with van der Waals surface area (Å²) < 4.78 is 33.6. The normalized spacial score (nSPS) is 17.0. The van der Waals surface area contributed by atoms with Crippen LogP contribution in [-0.2, 0) is 34.3 Å². The summed E-state index contributed by atoms with van der Waals surface area (Å²) in [6.45, 7) is 4.80. The summed E-state index contributed by atoms with van der Waals surface area (Å²) in [5.74, 6) is -0.338. The lowest BCUT2D eigenvalue weighted by molar-refractivity contribution is 0.0342. The second-order valence-electron chi connectivity index (χ2n) is 8.93. The van der Waals surface area contributed by atoms with Crippen molar-refractivity contribution < 1.29 is 17.9 Å². The van der Waals surface area contributed by atoms with E-state index in [1.807, 2.05) is 48.5 Å². The predicted molar refractivity (Wildman–Crippen MR) is 135 cm³/mol. The van der Waals surface area contributed by atoms with Gasteiger partial charge < -0.3 is 10.1 Å². The molecule has 1 amide bonds. The molecule has 0 saturated carbocycles. The van der Waals surface area contributed by atoms with Crippen molar-refractivity contribution in [1.82, 2.24) is 9.21 Å². The average Bonchev–Trinajstić information content (AvgIpc) is 2.89. The van der Waals surface area contributed by atoms with Crippen molar-refractivity contribution in [1.29, 1.82) is 0 Å². The molecule has 0 radical (unpaired) electrons. The minimum atomic E-state index is -3.72. The first-order valence-corrected chi connectivity index (χ1v) is 13.3. The highest BCUT2D eigenvalue weighted by Crippen LogP contribution is 2.25. The molecule has 5 rings (SSSR count). The SMILES string of the molecule is O=C(Nc1cccc(CN2CCOCC2)c1)c1cccc(S(=O)(=O)N2CCc3ccccc3C2)c1. The summed E-state index contributed by atoms with van der Waals surface area (Å²) >= 11 is 0. The van der Waals surface area contributed by atoms with Crippen LogP contribution < -0.4 is 5.32 Å². The Kier molecular flexibility index (Phi) is 6.97. The van der Waals surface area contributed by atoms with Crippen molar-refractivity contribution in [2.75, 3.05) is 38.2 Å². The number of hydrogen-bond donors (Lipinski definition) is 1. The first kappa shape index (κ1) is 23.7. The van der Waals surface area contributed by atoms with Gasteiger partial charge in [0.1, 0.15) is 0 Å². The number of carbonyl (C=O) groups is 1. The maximum atomic E-state index is 13.3. The highest BCUT2D eigenvalue weighted by Gasteiger charge is 2.28. The second kappa shape index (κ2) is 10.3. The van der Waals surface area contributed by atoms with Gasteiger partial charge in [-0.25, -0.2) is 8.42 Å². The molecule has 182 valence electrons. The van der Waals surface area contributed by atoms with Gasteiger partial charge in [-0.15, -0.1) is 0 Å². The number of ether oxygens (including phenoxy) is 1. The molecule has 2 aliphatic rings. The fourth-order valence-electron chi connectivity index (χ4n) is 4.59.